The molecule has 0 bridgehead atoms. The van der Waals surface area contributed by atoms with E-state index in [-0.39, 0.29) is 24.0 Å². The average Bonchev–Trinajstić information content (AvgIpc) is 1.98. The third-order valence-electron chi connectivity index (χ3n) is 2.92. The lowest BCUT2D eigenvalue weighted by molar-refractivity contribution is -0.0398. The van der Waals surface area contributed by atoms with Crippen LogP contribution in [0.15, 0.2) is 0 Å². The number of rotatable bonds is 4. The molecule has 0 aliphatic heterocycles. The molecule has 0 heterocycles. The second-order valence-corrected chi connectivity index (χ2v) is 4.60. The largest absolute Gasteiger partial charge is 0.396 e. The Balaban J connectivity index is 4.57. The molecule has 0 atom stereocenters. The number of aliphatic hydroxyl groups is 2. The average molecular weight is 174 g/mol. The van der Waals surface area contributed by atoms with E-state index < -0.39 is 0 Å². The fourth-order valence-corrected chi connectivity index (χ4v) is 1.54. The van der Waals surface area contributed by atoms with Crippen molar-refractivity contribution in [3.05, 3.63) is 0 Å². The van der Waals surface area contributed by atoms with Gasteiger partial charge in [-0.05, 0) is 11.8 Å². The van der Waals surface area contributed by atoms with Gasteiger partial charge in [0.25, 0.3) is 0 Å². The van der Waals surface area contributed by atoms with Crippen molar-refractivity contribution in [1.29, 1.82) is 0 Å². The van der Waals surface area contributed by atoms with Gasteiger partial charge in [0.05, 0.1) is 13.2 Å². The van der Waals surface area contributed by atoms with Crippen molar-refractivity contribution in [2.75, 3.05) is 13.2 Å². The van der Waals surface area contributed by atoms with Crippen molar-refractivity contribution in [2.45, 2.75) is 40.5 Å². The Morgan fingerprint density at radius 3 is 1.50 bits per heavy atom. The van der Waals surface area contributed by atoms with Crippen LogP contribution in [-0.2, 0) is 0 Å². The van der Waals surface area contributed by atoms with Crippen molar-refractivity contribution in [3.8, 4) is 0 Å². The summed E-state index contributed by atoms with van der Waals surface area (Å²) in [6, 6.07) is 0. The van der Waals surface area contributed by atoms with E-state index in [9.17, 15) is 10.2 Å². The van der Waals surface area contributed by atoms with Gasteiger partial charge in [0.15, 0.2) is 0 Å². The molecule has 74 valence electrons. The van der Waals surface area contributed by atoms with Crippen molar-refractivity contribution in [3.63, 3.8) is 0 Å². The van der Waals surface area contributed by atoms with Gasteiger partial charge in [0.1, 0.15) is 0 Å². The lowest BCUT2D eigenvalue weighted by Gasteiger charge is -2.42. The van der Waals surface area contributed by atoms with Gasteiger partial charge >= 0.3 is 0 Å². The lowest BCUT2D eigenvalue weighted by atomic mass is 9.65. The van der Waals surface area contributed by atoms with Crippen LogP contribution < -0.4 is 0 Å². The molecule has 0 aliphatic rings. The first-order chi connectivity index (χ1) is 5.43. The van der Waals surface area contributed by atoms with Crippen LogP contribution in [0.25, 0.3) is 0 Å². The zero-order valence-electron chi connectivity index (χ0n) is 8.72. The molecular formula is C10H22O2. The second kappa shape index (κ2) is 4.24. The number of hydrogen-bond acceptors (Lipinski definition) is 2. The molecule has 0 aromatic heterocycles. The van der Waals surface area contributed by atoms with Crippen molar-refractivity contribution in [2.24, 2.45) is 10.8 Å². The summed E-state index contributed by atoms with van der Waals surface area (Å²) < 4.78 is 0. The van der Waals surface area contributed by atoms with E-state index in [1.165, 1.54) is 0 Å². The van der Waals surface area contributed by atoms with E-state index in [0.29, 0.717) is 0 Å². The lowest BCUT2D eigenvalue weighted by Crippen LogP contribution is -2.42. The Morgan fingerprint density at radius 1 is 1.00 bits per heavy atom. The predicted molar refractivity (Wildman–Crippen MR) is 51.0 cm³/mol. The van der Waals surface area contributed by atoms with E-state index in [0.717, 1.165) is 12.8 Å². The summed E-state index contributed by atoms with van der Waals surface area (Å²) in [6.45, 7) is 8.41. The van der Waals surface area contributed by atoms with Crippen molar-refractivity contribution < 1.29 is 10.2 Å². The number of aliphatic hydroxyl groups excluding tert-OH is 2. The zero-order chi connectivity index (χ0) is 9.83. The minimum Gasteiger partial charge on any atom is -0.396 e. The summed E-state index contributed by atoms with van der Waals surface area (Å²) >= 11 is 0. The van der Waals surface area contributed by atoms with E-state index >= 15 is 0 Å². The molecule has 2 heteroatoms. The molecule has 0 aromatic rings. The van der Waals surface area contributed by atoms with Gasteiger partial charge in [-0.1, -0.05) is 34.1 Å². The van der Waals surface area contributed by atoms with Crippen LogP contribution >= 0.6 is 0 Å². The highest BCUT2D eigenvalue weighted by molar-refractivity contribution is 4.88. The summed E-state index contributed by atoms with van der Waals surface area (Å²) in [5.41, 5.74) is -0.353. The Morgan fingerprint density at radius 2 is 1.42 bits per heavy atom. The topological polar surface area (TPSA) is 40.5 Å². The van der Waals surface area contributed by atoms with Crippen LogP contribution in [-0.4, -0.2) is 23.4 Å². The molecule has 0 fully saturated rings. The highest BCUT2D eigenvalue weighted by atomic mass is 16.3. The highest BCUT2D eigenvalue weighted by Gasteiger charge is 2.39. The Bertz CT molecular complexity index is 120. The summed E-state index contributed by atoms with van der Waals surface area (Å²) in [6.07, 6.45) is 1.88. The molecular weight excluding hydrogens is 152 g/mol. The van der Waals surface area contributed by atoms with Crippen molar-refractivity contribution in [1.82, 2.24) is 0 Å². The fourth-order valence-electron chi connectivity index (χ4n) is 1.54. The van der Waals surface area contributed by atoms with Gasteiger partial charge in [0, 0.05) is 5.41 Å². The molecule has 0 unspecified atom stereocenters. The minimum absolute atomic E-state index is 0.0352. The maximum atomic E-state index is 9.28. The third-order valence-corrected chi connectivity index (χ3v) is 2.92. The Kier molecular flexibility index (Phi) is 4.21. The van der Waals surface area contributed by atoms with Gasteiger partial charge in [-0.2, -0.15) is 0 Å². The van der Waals surface area contributed by atoms with Crippen molar-refractivity contribution >= 4 is 0 Å². The molecule has 0 rings (SSSR count). The molecule has 12 heavy (non-hydrogen) atoms. The Labute approximate surface area is 75.6 Å². The zero-order valence-corrected chi connectivity index (χ0v) is 8.72. The first kappa shape index (κ1) is 11.9. The normalized spacial score (nSPS) is 13.5. The third kappa shape index (κ3) is 2.20. The Hall–Kier alpha value is -0.0800. The molecule has 0 saturated heterocycles. The van der Waals surface area contributed by atoms with Crippen LogP contribution in [0.3, 0.4) is 0 Å². The summed E-state index contributed by atoms with van der Waals surface area (Å²) in [5, 5.41) is 18.6. The smallest absolute Gasteiger partial charge is 0.0514 e. The van der Waals surface area contributed by atoms with Gasteiger partial charge in [-0.3, -0.25) is 0 Å². The standard InChI is InChI=1S/C10H22O2/c1-5-6-10(7-11,8-12)9(2,3)4/h11-12H,5-8H2,1-4H3. The molecule has 0 aromatic carbocycles. The van der Waals surface area contributed by atoms with Gasteiger partial charge in [0.2, 0.25) is 0 Å². The van der Waals surface area contributed by atoms with Crippen LogP contribution in [0, 0.1) is 10.8 Å². The molecule has 0 radical (unpaired) electrons. The second-order valence-electron chi connectivity index (χ2n) is 4.60. The van der Waals surface area contributed by atoms with Gasteiger partial charge < -0.3 is 10.2 Å². The molecule has 2 N–H and O–H groups in total. The first-order valence-electron chi connectivity index (χ1n) is 4.65. The van der Waals surface area contributed by atoms with Gasteiger partial charge in [-0.15, -0.1) is 0 Å². The molecule has 0 amide bonds. The van der Waals surface area contributed by atoms with Crippen LogP contribution in [0.1, 0.15) is 40.5 Å². The molecule has 0 aliphatic carbocycles. The minimum atomic E-state index is -0.318. The van der Waals surface area contributed by atoms with Crippen LogP contribution in [0.2, 0.25) is 0 Å². The maximum Gasteiger partial charge on any atom is 0.0514 e. The quantitative estimate of drug-likeness (QED) is 0.682. The van der Waals surface area contributed by atoms with Crippen LogP contribution in [0.4, 0.5) is 0 Å². The van der Waals surface area contributed by atoms with E-state index in [1.54, 1.807) is 0 Å². The van der Waals surface area contributed by atoms with E-state index in [1.807, 2.05) is 0 Å². The SMILES string of the molecule is CCCC(CO)(CO)C(C)(C)C. The number of hydrogen-bond donors (Lipinski definition) is 2. The van der Waals surface area contributed by atoms with Crippen LogP contribution in [0.5, 0.6) is 0 Å². The summed E-state index contributed by atoms with van der Waals surface area (Å²) in [7, 11) is 0. The first-order valence-corrected chi connectivity index (χ1v) is 4.65. The molecule has 0 saturated carbocycles. The predicted octanol–water partition coefficient (Wildman–Crippen LogP) is 1.80. The monoisotopic (exact) mass is 174 g/mol. The van der Waals surface area contributed by atoms with E-state index in [4.69, 9.17) is 0 Å². The molecule has 0 spiro atoms. The fraction of sp³-hybridized carbons (Fsp3) is 1.00. The summed E-state index contributed by atoms with van der Waals surface area (Å²) in [5.74, 6) is 0. The molecule has 2 nitrogen and oxygen atoms in total. The highest BCUT2D eigenvalue weighted by Crippen LogP contribution is 2.41. The summed E-state index contributed by atoms with van der Waals surface area (Å²) in [4.78, 5) is 0. The van der Waals surface area contributed by atoms with Gasteiger partial charge in [-0.25, -0.2) is 0 Å². The maximum absolute atomic E-state index is 9.28. The van der Waals surface area contributed by atoms with E-state index in [2.05, 4.69) is 27.7 Å².